The van der Waals surface area contributed by atoms with Crippen molar-refractivity contribution >= 4 is 11.5 Å². The molecule has 4 fully saturated rings. The standard InChI is InChI=1S/C37H55NO2/c1-24(2)23-38-37-18-8-9-29(37)28-14-15-31-34(5)19-16-27(25-10-12-26(13-11-25)32(39)40)33(3,4)30(34)17-20-36(31,7)35(28,6)21-22-37/h10-13,16,24,28-31,38H,8-9,14-15,17-23H2,1-7H3,(H,39,40)/t28-,29-,30?,31?,34+,35-,36-,37+/m1/s1. The lowest BCUT2D eigenvalue weighted by molar-refractivity contribution is -0.217. The van der Waals surface area contributed by atoms with Crippen molar-refractivity contribution in [2.45, 2.75) is 118 Å². The fraction of sp³-hybridized carbons (Fsp3) is 0.757. The summed E-state index contributed by atoms with van der Waals surface area (Å²) >= 11 is 0. The van der Waals surface area contributed by atoms with Gasteiger partial charge in [-0.25, -0.2) is 4.79 Å². The van der Waals surface area contributed by atoms with Crippen LogP contribution < -0.4 is 5.32 Å². The van der Waals surface area contributed by atoms with Gasteiger partial charge in [0.05, 0.1) is 5.56 Å². The Bertz CT molecular complexity index is 1180. The fourth-order valence-corrected chi connectivity index (χ4v) is 12.2. The molecule has 0 amide bonds. The smallest absolute Gasteiger partial charge is 0.335 e. The highest BCUT2D eigenvalue weighted by Crippen LogP contribution is 2.76. The lowest BCUT2D eigenvalue weighted by atomic mass is 9.33. The van der Waals surface area contributed by atoms with E-state index < -0.39 is 5.97 Å². The van der Waals surface area contributed by atoms with Crippen LogP contribution in [-0.4, -0.2) is 23.2 Å². The number of aromatic carboxylic acids is 1. The molecule has 5 aliphatic carbocycles. The molecule has 0 aromatic heterocycles. The third-order valence-electron chi connectivity index (χ3n) is 14.2. The van der Waals surface area contributed by atoms with E-state index in [-0.39, 0.29) is 5.41 Å². The van der Waals surface area contributed by atoms with Gasteiger partial charge in [0, 0.05) is 5.54 Å². The van der Waals surface area contributed by atoms with Crippen molar-refractivity contribution in [1.29, 1.82) is 0 Å². The number of allylic oxidation sites excluding steroid dienone is 2. The van der Waals surface area contributed by atoms with Gasteiger partial charge >= 0.3 is 5.97 Å². The zero-order valence-corrected chi connectivity index (χ0v) is 26.4. The minimum atomic E-state index is -0.847. The number of carboxylic acid groups (broad SMARTS) is 1. The summed E-state index contributed by atoms with van der Waals surface area (Å²) in [6.45, 7) is 19.0. The van der Waals surface area contributed by atoms with Gasteiger partial charge in [-0.3, -0.25) is 0 Å². The molecule has 0 saturated heterocycles. The SMILES string of the molecule is CC(C)CN[C@]12CCC[C@@H]1[C@H]1CCC3[C@@]4(C)CC=C(c5ccc(C(=O)O)cc5)C(C)(C)C4CC[C@@]3(C)[C@]1(C)CC2. The summed E-state index contributed by atoms with van der Waals surface area (Å²) in [7, 11) is 0. The van der Waals surface area contributed by atoms with Gasteiger partial charge in [-0.1, -0.05) is 73.1 Å². The first-order valence-corrected chi connectivity index (χ1v) is 16.6. The van der Waals surface area contributed by atoms with E-state index in [1.165, 1.54) is 75.5 Å². The summed E-state index contributed by atoms with van der Waals surface area (Å²) in [4.78, 5) is 11.5. The van der Waals surface area contributed by atoms with E-state index >= 15 is 0 Å². The van der Waals surface area contributed by atoms with E-state index in [9.17, 15) is 9.90 Å². The Kier molecular flexibility index (Phi) is 6.73. The van der Waals surface area contributed by atoms with Crippen LogP contribution >= 0.6 is 0 Å². The maximum Gasteiger partial charge on any atom is 0.335 e. The number of carbonyl (C=O) groups is 1. The van der Waals surface area contributed by atoms with Crippen LogP contribution in [0.1, 0.15) is 129 Å². The normalized spacial score (nSPS) is 43.8. The Morgan fingerprint density at radius 3 is 2.27 bits per heavy atom. The lowest BCUT2D eigenvalue weighted by Crippen LogP contribution is -2.67. The van der Waals surface area contributed by atoms with Crippen molar-refractivity contribution in [3.63, 3.8) is 0 Å². The highest BCUT2D eigenvalue weighted by atomic mass is 16.4. The van der Waals surface area contributed by atoms with Gasteiger partial charge in [0.15, 0.2) is 0 Å². The Hall–Kier alpha value is -1.61. The third-order valence-corrected chi connectivity index (χ3v) is 14.2. The summed E-state index contributed by atoms with van der Waals surface area (Å²) in [5.41, 5.74) is 4.64. The summed E-state index contributed by atoms with van der Waals surface area (Å²) in [5.74, 6) is 3.01. The van der Waals surface area contributed by atoms with Crippen molar-refractivity contribution in [2.24, 2.45) is 51.2 Å². The predicted octanol–water partition coefficient (Wildman–Crippen LogP) is 9.23. The van der Waals surface area contributed by atoms with E-state index in [1.54, 1.807) is 12.1 Å². The van der Waals surface area contributed by atoms with Gasteiger partial charge < -0.3 is 10.4 Å². The van der Waals surface area contributed by atoms with Crippen molar-refractivity contribution < 1.29 is 9.90 Å². The molecule has 0 heterocycles. The molecule has 8 atom stereocenters. The van der Waals surface area contributed by atoms with Crippen LogP contribution in [0.5, 0.6) is 0 Å². The Morgan fingerprint density at radius 2 is 1.60 bits per heavy atom. The molecule has 0 radical (unpaired) electrons. The number of hydrogen-bond acceptors (Lipinski definition) is 2. The number of rotatable bonds is 5. The minimum Gasteiger partial charge on any atom is -0.478 e. The van der Waals surface area contributed by atoms with Gasteiger partial charge in [0.25, 0.3) is 0 Å². The van der Waals surface area contributed by atoms with E-state index in [0.717, 1.165) is 30.1 Å². The lowest BCUT2D eigenvalue weighted by Gasteiger charge is -2.72. The number of hydrogen-bond donors (Lipinski definition) is 2. The number of nitrogens with one attached hydrogen (secondary N) is 1. The first-order valence-electron chi connectivity index (χ1n) is 16.6. The van der Waals surface area contributed by atoms with Gasteiger partial charge in [-0.15, -0.1) is 0 Å². The number of benzene rings is 1. The van der Waals surface area contributed by atoms with Crippen LogP contribution in [0.25, 0.3) is 5.57 Å². The topological polar surface area (TPSA) is 49.3 Å². The molecule has 4 saturated carbocycles. The average Bonchev–Trinajstić information content (AvgIpc) is 3.32. The second kappa shape index (κ2) is 9.45. The molecule has 0 aliphatic heterocycles. The molecule has 3 nitrogen and oxygen atoms in total. The molecule has 5 aliphatic rings. The number of carboxylic acids is 1. The Morgan fingerprint density at radius 1 is 0.875 bits per heavy atom. The van der Waals surface area contributed by atoms with Crippen LogP contribution in [0, 0.1) is 51.2 Å². The molecule has 6 rings (SSSR count). The monoisotopic (exact) mass is 545 g/mol. The molecule has 40 heavy (non-hydrogen) atoms. The molecular weight excluding hydrogens is 490 g/mol. The molecule has 0 bridgehead atoms. The molecule has 2 unspecified atom stereocenters. The van der Waals surface area contributed by atoms with Crippen molar-refractivity contribution in [1.82, 2.24) is 5.32 Å². The Labute approximate surface area is 244 Å². The molecule has 3 heteroatoms. The van der Waals surface area contributed by atoms with Gasteiger partial charge in [-0.2, -0.15) is 0 Å². The van der Waals surface area contributed by atoms with Crippen LogP contribution in [-0.2, 0) is 0 Å². The van der Waals surface area contributed by atoms with E-state index in [4.69, 9.17) is 0 Å². The largest absolute Gasteiger partial charge is 0.478 e. The van der Waals surface area contributed by atoms with Crippen molar-refractivity contribution in [2.75, 3.05) is 6.54 Å². The predicted molar refractivity (Wildman–Crippen MR) is 165 cm³/mol. The minimum absolute atomic E-state index is 0.0742. The van der Waals surface area contributed by atoms with Crippen LogP contribution in [0.3, 0.4) is 0 Å². The fourth-order valence-electron chi connectivity index (χ4n) is 12.2. The summed E-state index contributed by atoms with van der Waals surface area (Å²) in [5, 5.41) is 13.6. The molecule has 220 valence electrons. The van der Waals surface area contributed by atoms with Crippen molar-refractivity contribution in [3.05, 3.63) is 41.5 Å². The Balaban J connectivity index is 1.31. The second-order valence-electron chi connectivity index (χ2n) is 16.5. The highest BCUT2D eigenvalue weighted by Gasteiger charge is 2.69. The highest BCUT2D eigenvalue weighted by molar-refractivity contribution is 5.88. The maximum absolute atomic E-state index is 11.5. The molecule has 0 spiro atoms. The zero-order valence-electron chi connectivity index (χ0n) is 26.4. The van der Waals surface area contributed by atoms with Gasteiger partial charge in [0.1, 0.15) is 0 Å². The van der Waals surface area contributed by atoms with Crippen LogP contribution in [0.15, 0.2) is 30.3 Å². The molecule has 1 aromatic carbocycles. The van der Waals surface area contributed by atoms with E-state index in [2.05, 4.69) is 59.9 Å². The first-order chi connectivity index (χ1) is 18.8. The summed E-state index contributed by atoms with van der Waals surface area (Å²) in [6, 6.07) is 7.65. The van der Waals surface area contributed by atoms with Crippen LogP contribution in [0.4, 0.5) is 0 Å². The van der Waals surface area contributed by atoms with Crippen LogP contribution in [0.2, 0.25) is 0 Å². The van der Waals surface area contributed by atoms with E-state index in [1.807, 2.05) is 12.1 Å². The van der Waals surface area contributed by atoms with Crippen molar-refractivity contribution in [3.8, 4) is 0 Å². The molecule has 2 N–H and O–H groups in total. The second-order valence-corrected chi connectivity index (χ2v) is 16.5. The first kappa shape index (κ1) is 28.5. The van der Waals surface area contributed by atoms with Gasteiger partial charge in [0.2, 0.25) is 0 Å². The zero-order chi connectivity index (χ0) is 28.7. The van der Waals surface area contributed by atoms with Gasteiger partial charge in [-0.05, 0) is 139 Å². The number of fused-ring (bicyclic) bond motifs is 7. The maximum atomic E-state index is 11.5. The molecular formula is C37H55NO2. The summed E-state index contributed by atoms with van der Waals surface area (Å²) in [6.07, 6.45) is 16.2. The quantitative estimate of drug-likeness (QED) is 0.388. The third kappa shape index (κ3) is 3.88. The average molecular weight is 546 g/mol. The summed E-state index contributed by atoms with van der Waals surface area (Å²) < 4.78 is 0. The van der Waals surface area contributed by atoms with E-state index in [0.29, 0.717) is 33.3 Å². The molecule has 1 aromatic rings.